The van der Waals surface area contributed by atoms with Crippen molar-refractivity contribution in [1.82, 2.24) is 15.2 Å². The molecular formula is C15H21N3O2. The van der Waals surface area contributed by atoms with Crippen LogP contribution in [0.2, 0.25) is 0 Å². The zero-order valence-corrected chi connectivity index (χ0v) is 11.7. The van der Waals surface area contributed by atoms with Crippen molar-refractivity contribution in [3.8, 4) is 5.75 Å². The number of carbonyl (C=O) groups excluding carboxylic acids is 1. The fourth-order valence-electron chi connectivity index (χ4n) is 3.55. The molecule has 2 N–H and O–H groups in total. The Bertz CT molecular complexity index is 494. The number of rotatable bonds is 3. The van der Waals surface area contributed by atoms with E-state index in [1.54, 1.807) is 12.3 Å². The number of piperidine rings is 1. The quantitative estimate of drug-likeness (QED) is 0.878. The van der Waals surface area contributed by atoms with Gasteiger partial charge in [-0.3, -0.25) is 4.79 Å². The van der Waals surface area contributed by atoms with Gasteiger partial charge in [0.2, 0.25) is 0 Å². The van der Waals surface area contributed by atoms with Gasteiger partial charge in [-0.05, 0) is 44.7 Å². The van der Waals surface area contributed by atoms with Crippen LogP contribution in [-0.2, 0) is 0 Å². The third kappa shape index (κ3) is 2.38. The van der Waals surface area contributed by atoms with Crippen molar-refractivity contribution in [2.75, 3.05) is 6.54 Å². The number of carbonyl (C=O) groups is 1. The zero-order chi connectivity index (χ0) is 14.1. The van der Waals surface area contributed by atoms with Gasteiger partial charge in [-0.2, -0.15) is 0 Å². The van der Waals surface area contributed by atoms with E-state index in [2.05, 4.69) is 10.3 Å². The van der Waals surface area contributed by atoms with Gasteiger partial charge in [-0.1, -0.05) is 0 Å². The zero-order valence-electron chi connectivity index (χ0n) is 11.7. The maximum Gasteiger partial charge on any atom is 0.276 e. The number of pyridine rings is 1. The predicted octanol–water partition coefficient (Wildman–Crippen LogP) is 1.53. The minimum atomic E-state index is -0.156. The van der Waals surface area contributed by atoms with Crippen LogP contribution in [0, 0.1) is 0 Å². The lowest BCUT2D eigenvalue weighted by Gasteiger charge is -2.37. The SMILES string of the molecule is CCN(C(=O)c1ncccc1O)C1CC2CCC(C1)N2. The van der Waals surface area contributed by atoms with E-state index in [4.69, 9.17) is 0 Å². The van der Waals surface area contributed by atoms with Crippen LogP contribution in [0.4, 0.5) is 0 Å². The Morgan fingerprint density at radius 2 is 2.15 bits per heavy atom. The van der Waals surface area contributed by atoms with Crippen molar-refractivity contribution in [2.45, 2.75) is 50.7 Å². The first-order valence-electron chi connectivity index (χ1n) is 7.40. The van der Waals surface area contributed by atoms with Gasteiger partial charge < -0.3 is 15.3 Å². The third-order valence-electron chi connectivity index (χ3n) is 4.48. The van der Waals surface area contributed by atoms with Gasteiger partial charge in [0.1, 0.15) is 5.75 Å². The largest absolute Gasteiger partial charge is 0.505 e. The van der Waals surface area contributed by atoms with Gasteiger partial charge >= 0.3 is 0 Å². The number of amides is 1. The molecule has 2 fully saturated rings. The smallest absolute Gasteiger partial charge is 0.276 e. The van der Waals surface area contributed by atoms with Crippen LogP contribution in [0.25, 0.3) is 0 Å². The lowest BCUT2D eigenvalue weighted by atomic mass is 9.97. The summed E-state index contributed by atoms with van der Waals surface area (Å²) in [5.41, 5.74) is 0.167. The second-order valence-corrected chi connectivity index (χ2v) is 5.73. The Balaban J connectivity index is 1.79. The minimum Gasteiger partial charge on any atom is -0.505 e. The van der Waals surface area contributed by atoms with Crippen molar-refractivity contribution in [1.29, 1.82) is 0 Å². The second kappa shape index (κ2) is 5.40. The Hall–Kier alpha value is -1.62. The highest BCUT2D eigenvalue weighted by Crippen LogP contribution is 2.30. The van der Waals surface area contributed by atoms with E-state index < -0.39 is 0 Å². The summed E-state index contributed by atoms with van der Waals surface area (Å²) in [4.78, 5) is 18.5. The third-order valence-corrected chi connectivity index (χ3v) is 4.48. The second-order valence-electron chi connectivity index (χ2n) is 5.73. The minimum absolute atomic E-state index is 0.0344. The fraction of sp³-hybridized carbons (Fsp3) is 0.600. The van der Waals surface area contributed by atoms with E-state index >= 15 is 0 Å². The van der Waals surface area contributed by atoms with Gasteiger partial charge in [-0.15, -0.1) is 0 Å². The average molecular weight is 275 g/mol. The first kappa shape index (κ1) is 13.4. The standard InChI is InChI=1S/C15H21N3O2/c1-2-18(12-8-10-5-6-11(9-12)17-10)15(20)14-13(19)4-3-7-16-14/h3-4,7,10-12,17,19H,2,5-6,8-9H2,1H3. The van der Waals surface area contributed by atoms with Crippen LogP contribution >= 0.6 is 0 Å². The molecule has 1 aromatic heterocycles. The number of nitrogens with one attached hydrogen (secondary N) is 1. The summed E-state index contributed by atoms with van der Waals surface area (Å²) in [7, 11) is 0. The molecule has 2 atom stereocenters. The molecule has 2 saturated heterocycles. The summed E-state index contributed by atoms with van der Waals surface area (Å²) in [6.45, 7) is 2.64. The maximum absolute atomic E-state index is 12.6. The van der Waals surface area contributed by atoms with E-state index in [9.17, 15) is 9.90 Å². The molecule has 5 nitrogen and oxygen atoms in total. The molecule has 2 aliphatic heterocycles. The molecule has 0 radical (unpaired) electrons. The van der Waals surface area contributed by atoms with Crippen molar-refractivity contribution < 1.29 is 9.90 Å². The molecule has 3 heterocycles. The summed E-state index contributed by atoms with van der Waals surface area (Å²) < 4.78 is 0. The van der Waals surface area contributed by atoms with Gasteiger partial charge in [0, 0.05) is 30.9 Å². The molecule has 1 aromatic rings. The summed E-state index contributed by atoms with van der Waals surface area (Å²) in [5, 5.41) is 13.4. The Labute approximate surface area is 119 Å². The van der Waals surface area contributed by atoms with E-state index in [-0.39, 0.29) is 23.4 Å². The summed E-state index contributed by atoms with van der Waals surface area (Å²) in [6.07, 6.45) is 5.98. The van der Waals surface area contributed by atoms with Gasteiger partial charge in [0.05, 0.1) is 0 Å². The summed E-state index contributed by atoms with van der Waals surface area (Å²) in [5.74, 6) is -0.190. The molecule has 0 saturated carbocycles. The number of hydrogen-bond acceptors (Lipinski definition) is 4. The molecule has 0 spiro atoms. The van der Waals surface area contributed by atoms with Crippen molar-refractivity contribution in [3.63, 3.8) is 0 Å². The Morgan fingerprint density at radius 1 is 1.45 bits per heavy atom. The molecule has 0 aliphatic carbocycles. The van der Waals surface area contributed by atoms with E-state index in [0.717, 1.165) is 12.8 Å². The monoisotopic (exact) mass is 275 g/mol. The number of aromatic hydroxyl groups is 1. The highest BCUT2D eigenvalue weighted by molar-refractivity contribution is 5.95. The molecule has 2 aliphatic rings. The average Bonchev–Trinajstić information content (AvgIpc) is 2.79. The molecule has 3 rings (SSSR count). The lowest BCUT2D eigenvalue weighted by molar-refractivity contribution is 0.0622. The van der Waals surface area contributed by atoms with E-state index in [0.29, 0.717) is 18.6 Å². The van der Waals surface area contributed by atoms with Crippen LogP contribution < -0.4 is 5.32 Å². The van der Waals surface area contributed by atoms with Crippen LogP contribution in [0.15, 0.2) is 18.3 Å². The highest BCUT2D eigenvalue weighted by atomic mass is 16.3. The van der Waals surface area contributed by atoms with Crippen molar-refractivity contribution in [2.24, 2.45) is 0 Å². The van der Waals surface area contributed by atoms with Crippen molar-refractivity contribution >= 4 is 5.91 Å². The van der Waals surface area contributed by atoms with Crippen LogP contribution in [0.5, 0.6) is 5.75 Å². The predicted molar refractivity (Wildman–Crippen MR) is 75.6 cm³/mol. The van der Waals surface area contributed by atoms with Crippen LogP contribution in [0.1, 0.15) is 43.1 Å². The molecule has 2 bridgehead atoms. The molecule has 108 valence electrons. The first-order chi connectivity index (χ1) is 9.69. The Kier molecular flexibility index (Phi) is 3.61. The molecule has 0 aromatic carbocycles. The van der Waals surface area contributed by atoms with Gasteiger partial charge in [0.15, 0.2) is 5.69 Å². The summed E-state index contributed by atoms with van der Waals surface area (Å²) >= 11 is 0. The molecule has 2 unspecified atom stereocenters. The molecule has 5 heteroatoms. The number of hydrogen-bond donors (Lipinski definition) is 2. The molecular weight excluding hydrogens is 254 g/mol. The highest BCUT2D eigenvalue weighted by Gasteiger charge is 2.37. The Morgan fingerprint density at radius 3 is 2.75 bits per heavy atom. The molecule has 1 amide bonds. The van der Waals surface area contributed by atoms with Crippen molar-refractivity contribution in [3.05, 3.63) is 24.0 Å². The van der Waals surface area contributed by atoms with Crippen LogP contribution in [0.3, 0.4) is 0 Å². The van der Waals surface area contributed by atoms with E-state index in [1.807, 2.05) is 11.8 Å². The normalized spacial score (nSPS) is 28.4. The van der Waals surface area contributed by atoms with E-state index in [1.165, 1.54) is 18.9 Å². The maximum atomic E-state index is 12.6. The molecule has 20 heavy (non-hydrogen) atoms. The fourth-order valence-corrected chi connectivity index (χ4v) is 3.55. The lowest BCUT2D eigenvalue weighted by Crippen LogP contribution is -2.50. The first-order valence-corrected chi connectivity index (χ1v) is 7.40. The van der Waals surface area contributed by atoms with Gasteiger partial charge in [-0.25, -0.2) is 4.98 Å². The summed E-state index contributed by atoms with van der Waals surface area (Å²) in [6, 6.07) is 4.48. The van der Waals surface area contributed by atoms with Crippen LogP contribution in [-0.4, -0.2) is 45.6 Å². The number of nitrogens with zero attached hydrogens (tertiary/aromatic N) is 2. The number of aromatic nitrogens is 1. The topological polar surface area (TPSA) is 65.5 Å². The van der Waals surface area contributed by atoms with Gasteiger partial charge in [0.25, 0.3) is 5.91 Å². The number of fused-ring (bicyclic) bond motifs is 2.